The number of aromatic nitrogens is 1. The summed E-state index contributed by atoms with van der Waals surface area (Å²) in [6.07, 6.45) is 2.85. The average Bonchev–Trinajstić information content (AvgIpc) is 2.39. The first-order valence-electron chi connectivity index (χ1n) is 5.55. The van der Waals surface area contributed by atoms with Gasteiger partial charge >= 0.3 is 0 Å². The number of hydrogen-bond donors (Lipinski definition) is 1. The summed E-state index contributed by atoms with van der Waals surface area (Å²) in [5, 5.41) is 8.98. The van der Waals surface area contributed by atoms with Crippen molar-refractivity contribution in [2.75, 3.05) is 0 Å². The number of aliphatic hydroxyl groups excluding tert-OH is 1. The number of allylic oxidation sites excluding steroid dienone is 1. The molecule has 0 atom stereocenters. The third-order valence-corrected chi connectivity index (χ3v) is 2.74. The first-order chi connectivity index (χ1) is 8.20. The van der Waals surface area contributed by atoms with Crippen molar-refractivity contribution in [3.05, 3.63) is 60.1 Å². The summed E-state index contributed by atoms with van der Waals surface area (Å²) in [6, 6.07) is 12.3. The molecular weight excluding hydrogens is 210 g/mol. The van der Waals surface area contributed by atoms with Crippen molar-refractivity contribution < 1.29 is 5.11 Å². The first kappa shape index (κ1) is 11.4. The Morgan fingerprint density at radius 1 is 1.12 bits per heavy atom. The lowest BCUT2D eigenvalue weighted by molar-refractivity contribution is 0.475. The van der Waals surface area contributed by atoms with Crippen molar-refractivity contribution in [3.8, 4) is 11.1 Å². The molecule has 0 unspecified atom stereocenters. The summed E-state index contributed by atoms with van der Waals surface area (Å²) < 4.78 is 0. The van der Waals surface area contributed by atoms with E-state index in [0.717, 1.165) is 28.7 Å². The molecule has 0 fully saturated rings. The van der Waals surface area contributed by atoms with Crippen molar-refractivity contribution in [1.29, 1.82) is 0 Å². The van der Waals surface area contributed by atoms with E-state index in [0.29, 0.717) is 0 Å². The molecule has 0 amide bonds. The molecule has 0 bridgehead atoms. The molecule has 1 heterocycles. The Labute approximate surface area is 101 Å². The molecule has 0 aliphatic carbocycles. The second kappa shape index (κ2) is 4.83. The summed E-state index contributed by atoms with van der Waals surface area (Å²) in [4.78, 5) is 4.22. The SMILES string of the molecule is C/C(=C/O)c1cc(-c2ccc(C)cc2)ccn1. The quantitative estimate of drug-likeness (QED) is 0.784. The second-order valence-electron chi connectivity index (χ2n) is 4.11. The lowest BCUT2D eigenvalue weighted by atomic mass is 10.0. The van der Waals surface area contributed by atoms with Gasteiger partial charge in [-0.1, -0.05) is 29.8 Å². The minimum atomic E-state index is 0.763. The lowest BCUT2D eigenvalue weighted by Crippen LogP contribution is -1.87. The van der Waals surface area contributed by atoms with Crippen LogP contribution in [0.5, 0.6) is 0 Å². The topological polar surface area (TPSA) is 33.1 Å². The fourth-order valence-electron chi connectivity index (χ4n) is 1.64. The van der Waals surface area contributed by atoms with Crippen LogP contribution < -0.4 is 0 Å². The van der Waals surface area contributed by atoms with E-state index >= 15 is 0 Å². The molecule has 2 aromatic rings. The summed E-state index contributed by atoms with van der Waals surface area (Å²) in [5.74, 6) is 0. The zero-order valence-electron chi connectivity index (χ0n) is 10.0. The molecule has 0 saturated heterocycles. The minimum Gasteiger partial charge on any atom is -0.515 e. The Bertz CT molecular complexity index is 541. The van der Waals surface area contributed by atoms with Gasteiger partial charge in [0.25, 0.3) is 0 Å². The number of hydrogen-bond acceptors (Lipinski definition) is 2. The van der Waals surface area contributed by atoms with Crippen LogP contribution in [0.4, 0.5) is 0 Å². The first-order valence-corrected chi connectivity index (χ1v) is 5.55. The molecule has 0 saturated carbocycles. The molecule has 2 nitrogen and oxygen atoms in total. The van der Waals surface area contributed by atoms with E-state index in [-0.39, 0.29) is 0 Å². The summed E-state index contributed by atoms with van der Waals surface area (Å²) in [6.45, 7) is 3.90. The highest BCUT2D eigenvalue weighted by molar-refractivity contribution is 5.69. The van der Waals surface area contributed by atoms with Crippen molar-refractivity contribution in [2.45, 2.75) is 13.8 Å². The highest BCUT2D eigenvalue weighted by Gasteiger charge is 2.01. The van der Waals surface area contributed by atoms with E-state index in [9.17, 15) is 0 Å². The lowest BCUT2D eigenvalue weighted by Gasteiger charge is -2.05. The van der Waals surface area contributed by atoms with Crippen LogP contribution in [0.3, 0.4) is 0 Å². The maximum absolute atomic E-state index is 8.98. The van der Waals surface area contributed by atoms with Crippen LogP contribution >= 0.6 is 0 Å². The smallest absolute Gasteiger partial charge is 0.0842 e. The average molecular weight is 225 g/mol. The number of pyridine rings is 1. The highest BCUT2D eigenvalue weighted by Crippen LogP contribution is 2.22. The monoisotopic (exact) mass is 225 g/mol. The molecule has 2 rings (SSSR count). The summed E-state index contributed by atoms with van der Waals surface area (Å²) in [7, 11) is 0. The molecule has 0 aliphatic heterocycles. The maximum Gasteiger partial charge on any atom is 0.0842 e. The molecule has 0 spiro atoms. The van der Waals surface area contributed by atoms with Gasteiger partial charge in [0.05, 0.1) is 12.0 Å². The summed E-state index contributed by atoms with van der Waals surface area (Å²) in [5.41, 5.74) is 5.07. The standard InChI is InChI=1S/C15H15NO/c1-11-3-5-13(6-4-11)14-7-8-16-15(9-14)12(2)10-17/h3-10,17H,1-2H3/b12-10-. The van der Waals surface area contributed by atoms with Crippen molar-refractivity contribution in [2.24, 2.45) is 0 Å². The molecule has 17 heavy (non-hydrogen) atoms. The Morgan fingerprint density at radius 2 is 1.82 bits per heavy atom. The van der Waals surface area contributed by atoms with Crippen LogP contribution in [0.15, 0.2) is 48.9 Å². The van der Waals surface area contributed by atoms with Crippen LogP contribution in [0.1, 0.15) is 18.2 Å². The predicted molar refractivity (Wildman–Crippen MR) is 70.7 cm³/mol. The highest BCUT2D eigenvalue weighted by atomic mass is 16.2. The van der Waals surface area contributed by atoms with Gasteiger partial charge in [0, 0.05) is 11.8 Å². The molecule has 1 N–H and O–H groups in total. The van der Waals surface area contributed by atoms with Crippen molar-refractivity contribution in [1.82, 2.24) is 4.98 Å². The molecule has 0 aliphatic rings. The third kappa shape index (κ3) is 2.53. The fraction of sp³-hybridized carbons (Fsp3) is 0.133. The number of nitrogens with zero attached hydrogens (tertiary/aromatic N) is 1. The molecule has 2 heteroatoms. The molecule has 1 aromatic heterocycles. The normalized spacial score (nSPS) is 11.5. The Kier molecular flexibility index (Phi) is 3.24. The molecule has 86 valence electrons. The number of benzene rings is 1. The van der Waals surface area contributed by atoms with Gasteiger partial charge in [0.1, 0.15) is 0 Å². The molecule has 1 aromatic carbocycles. The van der Waals surface area contributed by atoms with Gasteiger partial charge in [-0.25, -0.2) is 0 Å². The van der Waals surface area contributed by atoms with E-state index < -0.39 is 0 Å². The minimum absolute atomic E-state index is 0.763. The zero-order chi connectivity index (χ0) is 12.3. The number of aliphatic hydroxyl groups is 1. The van der Waals surface area contributed by atoms with Gasteiger partial charge in [-0.15, -0.1) is 0 Å². The Balaban J connectivity index is 2.43. The second-order valence-corrected chi connectivity index (χ2v) is 4.11. The van der Waals surface area contributed by atoms with E-state index in [4.69, 9.17) is 5.11 Å². The van der Waals surface area contributed by atoms with E-state index in [1.807, 2.05) is 19.1 Å². The van der Waals surface area contributed by atoms with Gasteiger partial charge in [-0.3, -0.25) is 4.98 Å². The van der Waals surface area contributed by atoms with Crippen molar-refractivity contribution in [3.63, 3.8) is 0 Å². The fourth-order valence-corrected chi connectivity index (χ4v) is 1.64. The largest absolute Gasteiger partial charge is 0.515 e. The third-order valence-electron chi connectivity index (χ3n) is 2.74. The van der Waals surface area contributed by atoms with Crippen LogP contribution in [0.2, 0.25) is 0 Å². The number of aryl methyl sites for hydroxylation is 1. The Hall–Kier alpha value is -2.09. The maximum atomic E-state index is 8.98. The van der Waals surface area contributed by atoms with Crippen LogP contribution in [-0.4, -0.2) is 10.1 Å². The van der Waals surface area contributed by atoms with Crippen molar-refractivity contribution >= 4 is 5.57 Å². The Morgan fingerprint density at radius 3 is 2.47 bits per heavy atom. The van der Waals surface area contributed by atoms with Gasteiger partial charge in [0.2, 0.25) is 0 Å². The van der Waals surface area contributed by atoms with Gasteiger partial charge < -0.3 is 5.11 Å². The van der Waals surface area contributed by atoms with Gasteiger partial charge in [-0.2, -0.15) is 0 Å². The van der Waals surface area contributed by atoms with Gasteiger partial charge in [-0.05, 0) is 37.1 Å². The summed E-state index contributed by atoms with van der Waals surface area (Å²) >= 11 is 0. The van der Waals surface area contributed by atoms with Crippen LogP contribution in [-0.2, 0) is 0 Å². The van der Waals surface area contributed by atoms with E-state index in [1.54, 1.807) is 6.20 Å². The van der Waals surface area contributed by atoms with Crippen LogP contribution in [0.25, 0.3) is 16.7 Å². The molecular formula is C15H15NO. The van der Waals surface area contributed by atoms with E-state index in [1.165, 1.54) is 5.56 Å². The predicted octanol–water partition coefficient (Wildman–Crippen LogP) is 3.98. The van der Waals surface area contributed by atoms with E-state index in [2.05, 4.69) is 36.2 Å². The van der Waals surface area contributed by atoms with Gasteiger partial charge in [0.15, 0.2) is 0 Å². The number of rotatable bonds is 2. The molecule has 0 radical (unpaired) electrons. The van der Waals surface area contributed by atoms with Crippen LogP contribution in [0, 0.1) is 6.92 Å². The zero-order valence-corrected chi connectivity index (χ0v) is 10.0.